The first-order valence-corrected chi connectivity index (χ1v) is 9.30. The number of nitrogens with one attached hydrogen (secondary N) is 1. The Balaban J connectivity index is 3.13. The van der Waals surface area contributed by atoms with E-state index in [-0.39, 0.29) is 5.69 Å². The lowest BCUT2D eigenvalue weighted by molar-refractivity contribution is -0.137. The molecule has 0 atom stereocenters. The maximum atomic E-state index is 12.9. The summed E-state index contributed by atoms with van der Waals surface area (Å²) in [6.07, 6.45) is -2.38. The molecule has 0 bridgehead atoms. The molecule has 5 nitrogen and oxygen atoms in total. The lowest BCUT2D eigenvalue weighted by Crippen LogP contribution is -2.40. The molecule has 1 aromatic rings. The van der Waals surface area contributed by atoms with Crippen molar-refractivity contribution in [3.8, 4) is 0 Å². The predicted molar refractivity (Wildman–Crippen MR) is 86.6 cm³/mol. The molecule has 0 aromatic heterocycles. The predicted octanol–water partition coefficient (Wildman–Crippen LogP) is 3.04. The molecule has 0 aliphatic heterocycles. The molecule has 0 heterocycles. The van der Waals surface area contributed by atoms with Gasteiger partial charge in [0, 0.05) is 6.54 Å². The van der Waals surface area contributed by atoms with Crippen LogP contribution in [0.1, 0.15) is 25.3 Å². The highest BCUT2D eigenvalue weighted by atomic mass is 35.5. The molecule has 0 aliphatic rings. The molecule has 1 aromatic carbocycles. The summed E-state index contributed by atoms with van der Waals surface area (Å²) in [5.41, 5.74) is -1.44. The van der Waals surface area contributed by atoms with Gasteiger partial charge in [0.2, 0.25) is 15.9 Å². The molecular formula is C14H18ClF3N2O3S. The van der Waals surface area contributed by atoms with E-state index >= 15 is 0 Å². The summed E-state index contributed by atoms with van der Waals surface area (Å²) in [7, 11) is -3.96. The fraction of sp³-hybridized carbons (Fsp3) is 0.500. The number of benzene rings is 1. The number of alkyl halides is 3. The summed E-state index contributed by atoms with van der Waals surface area (Å²) in [5.74, 6) is -0.600. The number of rotatable bonds is 7. The second kappa shape index (κ2) is 8.06. The maximum absolute atomic E-state index is 12.9. The normalized spacial score (nSPS) is 12.1. The topological polar surface area (TPSA) is 66.5 Å². The average molecular weight is 387 g/mol. The van der Waals surface area contributed by atoms with Crippen LogP contribution in [0.2, 0.25) is 5.02 Å². The zero-order valence-electron chi connectivity index (χ0n) is 13.2. The molecule has 0 radical (unpaired) electrons. The standard InChI is InChI=1S/C14H18ClF3N2O3S/c1-3-4-7-19-13(21)9-20(24(2,22)23)10-5-6-12(15)11(8-10)14(16,17)18/h5-6,8H,3-4,7,9H2,1-2H3,(H,19,21). The fourth-order valence-corrected chi connectivity index (χ4v) is 2.95. The second-order valence-corrected chi connectivity index (χ2v) is 7.45. The zero-order chi connectivity index (χ0) is 18.5. The van der Waals surface area contributed by atoms with Crippen molar-refractivity contribution in [3.05, 3.63) is 28.8 Å². The molecule has 0 saturated heterocycles. The molecule has 0 fully saturated rings. The molecule has 136 valence electrons. The van der Waals surface area contributed by atoms with Crippen LogP contribution in [0.5, 0.6) is 0 Å². The third-order valence-corrected chi connectivity index (χ3v) is 4.55. The molecule has 1 rings (SSSR count). The summed E-state index contributed by atoms with van der Waals surface area (Å²) < 4.78 is 63.1. The first kappa shape index (κ1) is 20.6. The largest absolute Gasteiger partial charge is 0.417 e. The van der Waals surface area contributed by atoms with Gasteiger partial charge in [0.1, 0.15) is 6.54 Å². The van der Waals surface area contributed by atoms with Gasteiger partial charge < -0.3 is 5.32 Å². The molecule has 24 heavy (non-hydrogen) atoms. The Morgan fingerprint density at radius 1 is 1.33 bits per heavy atom. The van der Waals surface area contributed by atoms with E-state index in [1.807, 2.05) is 6.92 Å². The SMILES string of the molecule is CCCCNC(=O)CN(c1ccc(Cl)c(C(F)(F)F)c1)S(C)(=O)=O. The molecule has 0 aliphatic carbocycles. The summed E-state index contributed by atoms with van der Waals surface area (Å²) in [5, 5.41) is 1.97. The highest BCUT2D eigenvalue weighted by molar-refractivity contribution is 7.92. The monoisotopic (exact) mass is 386 g/mol. The lowest BCUT2D eigenvalue weighted by Gasteiger charge is -2.23. The van der Waals surface area contributed by atoms with Gasteiger partial charge in [0.05, 0.1) is 22.5 Å². The van der Waals surface area contributed by atoms with E-state index in [0.29, 0.717) is 23.3 Å². The number of anilines is 1. The zero-order valence-corrected chi connectivity index (χ0v) is 14.7. The van der Waals surface area contributed by atoms with Crippen LogP contribution in [0.15, 0.2) is 18.2 Å². The van der Waals surface area contributed by atoms with E-state index in [4.69, 9.17) is 11.6 Å². The first-order valence-electron chi connectivity index (χ1n) is 7.08. The molecule has 0 unspecified atom stereocenters. The van der Waals surface area contributed by atoms with Gasteiger partial charge in [-0.15, -0.1) is 0 Å². The van der Waals surface area contributed by atoms with Gasteiger partial charge in [0.25, 0.3) is 0 Å². The number of carbonyl (C=O) groups excluding carboxylic acids is 1. The lowest BCUT2D eigenvalue weighted by atomic mass is 10.2. The average Bonchev–Trinajstić information content (AvgIpc) is 2.43. The smallest absolute Gasteiger partial charge is 0.355 e. The second-order valence-electron chi connectivity index (χ2n) is 5.14. The summed E-state index contributed by atoms with van der Waals surface area (Å²) >= 11 is 5.52. The van der Waals surface area contributed by atoms with Crippen LogP contribution in [0.25, 0.3) is 0 Å². The minimum atomic E-state index is -4.74. The van der Waals surface area contributed by atoms with Crippen molar-refractivity contribution in [3.63, 3.8) is 0 Å². The Labute approximate surface area is 143 Å². The Hall–Kier alpha value is -1.48. The fourth-order valence-electron chi connectivity index (χ4n) is 1.88. The minimum absolute atomic E-state index is 0.278. The Morgan fingerprint density at radius 2 is 1.96 bits per heavy atom. The number of hydrogen-bond donors (Lipinski definition) is 1. The number of nitrogens with zero attached hydrogens (tertiary/aromatic N) is 1. The molecule has 1 N–H and O–H groups in total. The van der Waals surface area contributed by atoms with Crippen LogP contribution < -0.4 is 9.62 Å². The quantitative estimate of drug-likeness (QED) is 0.732. The Bertz CT molecular complexity index is 693. The van der Waals surface area contributed by atoms with E-state index in [1.54, 1.807) is 0 Å². The van der Waals surface area contributed by atoms with Crippen LogP contribution in [0.4, 0.5) is 18.9 Å². The van der Waals surface area contributed by atoms with Gasteiger partial charge in [-0.3, -0.25) is 9.10 Å². The Morgan fingerprint density at radius 3 is 2.46 bits per heavy atom. The molecule has 1 amide bonds. The third kappa shape index (κ3) is 5.86. The summed E-state index contributed by atoms with van der Waals surface area (Å²) in [6, 6.07) is 2.69. The number of sulfonamides is 1. The van der Waals surface area contributed by atoms with E-state index in [1.165, 1.54) is 0 Å². The van der Waals surface area contributed by atoms with Crippen LogP contribution in [0.3, 0.4) is 0 Å². The minimum Gasteiger partial charge on any atom is -0.355 e. The highest BCUT2D eigenvalue weighted by Gasteiger charge is 2.34. The van der Waals surface area contributed by atoms with E-state index < -0.39 is 39.2 Å². The van der Waals surface area contributed by atoms with Crippen molar-refractivity contribution < 1.29 is 26.4 Å². The van der Waals surface area contributed by atoms with Crippen LogP contribution in [0, 0.1) is 0 Å². The van der Waals surface area contributed by atoms with Gasteiger partial charge in [-0.05, 0) is 24.6 Å². The van der Waals surface area contributed by atoms with Crippen LogP contribution in [-0.2, 0) is 21.0 Å². The summed E-state index contributed by atoms with van der Waals surface area (Å²) in [4.78, 5) is 11.8. The number of amides is 1. The summed E-state index contributed by atoms with van der Waals surface area (Å²) in [6.45, 7) is 1.67. The van der Waals surface area contributed by atoms with Gasteiger partial charge in [-0.1, -0.05) is 24.9 Å². The third-order valence-electron chi connectivity index (χ3n) is 3.08. The van der Waals surface area contributed by atoms with Crippen molar-refractivity contribution in [1.82, 2.24) is 5.32 Å². The van der Waals surface area contributed by atoms with Crippen molar-refractivity contribution >= 4 is 33.2 Å². The molecule has 0 saturated carbocycles. The van der Waals surface area contributed by atoms with Crippen LogP contribution in [-0.4, -0.2) is 33.7 Å². The molecule has 0 spiro atoms. The first-order chi connectivity index (χ1) is 11.0. The number of hydrogen-bond acceptors (Lipinski definition) is 3. The van der Waals surface area contributed by atoms with Gasteiger partial charge in [-0.25, -0.2) is 8.42 Å². The molecule has 10 heteroatoms. The van der Waals surface area contributed by atoms with Gasteiger partial charge >= 0.3 is 6.18 Å². The maximum Gasteiger partial charge on any atom is 0.417 e. The van der Waals surface area contributed by atoms with E-state index in [9.17, 15) is 26.4 Å². The molecular weight excluding hydrogens is 369 g/mol. The van der Waals surface area contributed by atoms with Crippen molar-refractivity contribution in [2.75, 3.05) is 23.7 Å². The van der Waals surface area contributed by atoms with E-state index in [2.05, 4.69) is 5.32 Å². The van der Waals surface area contributed by atoms with Crippen molar-refractivity contribution in [2.24, 2.45) is 0 Å². The Kier molecular flexibility index (Phi) is 6.91. The number of carbonyl (C=O) groups is 1. The van der Waals surface area contributed by atoms with Crippen LogP contribution >= 0.6 is 11.6 Å². The number of unbranched alkanes of at least 4 members (excludes halogenated alkanes) is 1. The van der Waals surface area contributed by atoms with Crippen molar-refractivity contribution in [1.29, 1.82) is 0 Å². The number of halogens is 4. The van der Waals surface area contributed by atoms with Gasteiger partial charge in [0.15, 0.2) is 0 Å². The van der Waals surface area contributed by atoms with Crippen molar-refractivity contribution in [2.45, 2.75) is 25.9 Å². The van der Waals surface area contributed by atoms with Gasteiger partial charge in [-0.2, -0.15) is 13.2 Å². The highest BCUT2D eigenvalue weighted by Crippen LogP contribution is 2.37. The van der Waals surface area contributed by atoms with E-state index in [0.717, 1.165) is 24.8 Å².